The lowest BCUT2D eigenvalue weighted by Crippen LogP contribution is -2.27. The Morgan fingerprint density at radius 3 is 2.32 bits per heavy atom. The van der Waals surface area contributed by atoms with E-state index in [1.165, 1.54) is 16.2 Å². The highest BCUT2D eigenvalue weighted by Crippen LogP contribution is 2.34. The fraction of sp³-hybridized carbons (Fsp3) is 0.0769. The molecule has 6 nitrogen and oxygen atoms in total. The van der Waals surface area contributed by atoms with Gasteiger partial charge in [0.05, 0.1) is 17.0 Å². The van der Waals surface area contributed by atoms with Crippen molar-refractivity contribution >= 4 is 51.7 Å². The number of hydrogen-bond acceptors (Lipinski definition) is 6. The average molecular weight is 485 g/mol. The lowest BCUT2D eigenvalue weighted by molar-refractivity contribution is -0.122. The zero-order valence-electron chi connectivity index (χ0n) is 18.0. The van der Waals surface area contributed by atoms with Gasteiger partial charge in [-0.15, -0.1) is 0 Å². The van der Waals surface area contributed by atoms with E-state index in [9.17, 15) is 9.59 Å². The van der Waals surface area contributed by atoms with Crippen LogP contribution in [0.5, 0.6) is 0 Å². The van der Waals surface area contributed by atoms with E-state index in [0.717, 1.165) is 11.1 Å². The lowest BCUT2D eigenvalue weighted by atomic mass is 10.2. The lowest BCUT2D eigenvalue weighted by Gasteiger charge is -2.14. The molecule has 1 aliphatic rings. The molecule has 1 aliphatic heterocycles. The van der Waals surface area contributed by atoms with E-state index >= 15 is 0 Å². The normalized spacial score (nSPS) is 14.8. The zero-order valence-corrected chi connectivity index (χ0v) is 19.7. The topological polar surface area (TPSA) is 66.7 Å². The number of fused-ring (bicyclic) bond motifs is 1. The highest BCUT2D eigenvalue weighted by molar-refractivity contribution is 8.26. The highest BCUT2D eigenvalue weighted by atomic mass is 32.2. The average Bonchev–Trinajstić information content (AvgIpc) is 3.13. The van der Waals surface area contributed by atoms with Gasteiger partial charge in [0.25, 0.3) is 11.5 Å². The first-order valence-electron chi connectivity index (χ1n) is 10.7. The number of rotatable bonds is 6. The first-order chi connectivity index (χ1) is 16.6. The van der Waals surface area contributed by atoms with Crippen molar-refractivity contribution in [1.82, 2.24) is 14.3 Å². The van der Waals surface area contributed by atoms with E-state index in [1.54, 1.807) is 29.3 Å². The molecular weight excluding hydrogens is 464 g/mol. The molecular formula is C26H20N4O2S2. The van der Waals surface area contributed by atoms with Gasteiger partial charge in [-0.2, -0.15) is 0 Å². The van der Waals surface area contributed by atoms with Crippen LogP contribution in [0.1, 0.15) is 16.7 Å². The molecule has 0 saturated carbocycles. The van der Waals surface area contributed by atoms with Gasteiger partial charge in [0.1, 0.15) is 15.8 Å². The molecule has 34 heavy (non-hydrogen) atoms. The first-order valence-corrected chi connectivity index (χ1v) is 11.9. The quantitative estimate of drug-likeness (QED) is 0.316. The summed E-state index contributed by atoms with van der Waals surface area (Å²) in [7, 11) is 0. The number of anilines is 1. The molecule has 0 spiro atoms. The minimum Gasteiger partial charge on any atom is -0.365 e. The highest BCUT2D eigenvalue weighted by Gasteiger charge is 2.32. The number of hydrogen-bond donors (Lipinski definition) is 1. The summed E-state index contributed by atoms with van der Waals surface area (Å²) in [4.78, 5) is 33.2. The standard InChI is InChI=1S/C26H20N4O2S2/c31-24-20(15-21-25(32)30(26(33)34-21)17-19-11-5-2-6-12-19)23(27-16-18-9-3-1-4-10-18)28-22-13-7-8-14-29(22)24/h1-15,27H,16-17H2. The Labute approximate surface area is 206 Å². The first kappa shape index (κ1) is 22.1. The van der Waals surface area contributed by atoms with Gasteiger partial charge in [-0.05, 0) is 29.3 Å². The second-order valence-electron chi connectivity index (χ2n) is 7.70. The second-order valence-corrected chi connectivity index (χ2v) is 9.38. The van der Waals surface area contributed by atoms with Crippen LogP contribution < -0.4 is 10.9 Å². The SMILES string of the molecule is O=C1C(=Cc2c(NCc3ccccc3)nc3ccccn3c2=O)SC(=S)N1Cc1ccccc1. The van der Waals surface area contributed by atoms with Crippen LogP contribution in [0.4, 0.5) is 5.82 Å². The number of carbonyl (C=O) groups is 1. The maximum Gasteiger partial charge on any atom is 0.267 e. The Balaban J connectivity index is 1.51. The number of nitrogens with one attached hydrogen (secondary N) is 1. The van der Waals surface area contributed by atoms with E-state index in [1.807, 2.05) is 66.7 Å². The Morgan fingerprint density at radius 2 is 1.59 bits per heavy atom. The van der Waals surface area contributed by atoms with Crippen molar-refractivity contribution in [3.05, 3.63) is 117 Å². The summed E-state index contributed by atoms with van der Waals surface area (Å²) >= 11 is 6.68. The van der Waals surface area contributed by atoms with Crippen LogP contribution in [0, 0.1) is 0 Å². The number of thiocarbonyl (C=S) groups is 1. The number of carbonyl (C=O) groups excluding carboxylic acids is 1. The molecule has 3 heterocycles. The van der Waals surface area contributed by atoms with Crippen molar-refractivity contribution in [2.24, 2.45) is 0 Å². The third-order valence-corrected chi connectivity index (χ3v) is 6.78. The molecule has 2 aromatic heterocycles. The third-order valence-electron chi connectivity index (χ3n) is 5.40. The number of nitrogens with zero attached hydrogens (tertiary/aromatic N) is 3. The predicted octanol–water partition coefficient (Wildman–Crippen LogP) is 4.71. The number of benzene rings is 2. The van der Waals surface area contributed by atoms with Gasteiger partial charge < -0.3 is 5.32 Å². The molecule has 4 aromatic rings. The van der Waals surface area contributed by atoms with Crippen LogP contribution in [0.15, 0.2) is 94.8 Å². The zero-order chi connectivity index (χ0) is 23.5. The summed E-state index contributed by atoms with van der Waals surface area (Å²) in [6.07, 6.45) is 3.27. The van der Waals surface area contributed by atoms with Crippen molar-refractivity contribution in [1.29, 1.82) is 0 Å². The third kappa shape index (κ3) is 4.50. The van der Waals surface area contributed by atoms with E-state index < -0.39 is 0 Å². The molecule has 5 rings (SSSR count). The fourth-order valence-corrected chi connectivity index (χ4v) is 4.92. The van der Waals surface area contributed by atoms with Crippen LogP contribution in [0.25, 0.3) is 11.7 Å². The van der Waals surface area contributed by atoms with Gasteiger partial charge in [-0.25, -0.2) is 4.98 Å². The van der Waals surface area contributed by atoms with Crippen molar-refractivity contribution in [2.75, 3.05) is 5.32 Å². The minimum atomic E-state index is -0.255. The number of amides is 1. The van der Waals surface area contributed by atoms with E-state index in [2.05, 4.69) is 10.3 Å². The number of aromatic nitrogens is 2. The van der Waals surface area contributed by atoms with Crippen molar-refractivity contribution in [3.8, 4) is 0 Å². The Bertz CT molecular complexity index is 1470. The molecule has 0 atom stereocenters. The monoisotopic (exact) mass is 484 g/mol. The summed E-state index contributed by atoms with van der Waals surface area (Å²) in [6.45, 7) is 0.878. The maximum absolute atomic E-state index is 13.4. The molecule has 168 valence electrons. The molecule has 1 fully saturated rings. The molecule has 0 bridgehead atoms. The number of pyridine rings is 1. The second kappa shape index (κ2) is 9.62. The van der Waals surface area contributed by atoms with Crippen LogP contribution in [0.2, 0.25) is 0 Å². The Hall–Kier alpha value is -3.75. The molecule has 0 radical (unpaired) electrons. The fourth-order valence-electron chi connectivity index (χ4n) is 3.68. The summed E-state index contributed by atoms with van der Waals surface area (Å²) in [5.74, 6) is 0.207. The smallest absolute Gasteiger partial charge is 0.267 e. The van der Waals surface area contributed by atoms with Crippen molar-refractivity contribution < 1.29 is 4.79 Å². The molecule has 1 N–H and O–H groups in total. The van der Waals surface area contributed by atoms with Gasteiger partial charge in [0.2, 0.25) is 0 Å². The molecule has 2 aromatic carbocycles. The largest absolute Gasteiger partial charge is 0.365 e. The van der Waals surface area contributed by atoms with Gasteiger partial charge >= 0.3 is 0 Å². The van der Waals surface area contributed by atoms with E-state index in [-0.39, 0.29) is 11.5 Å². The van der Waals surface area contributed by atoms with Crippen LogP contribution in [-0.4, -0.2) is 24.5 Å². The molecule has 1 amide bonds. The van der Waals surface area contributed by atoms with Gasteiger partial charge in [0, 0.05) is 12.7 Å². The summed E-state index contributed by atoms with van der Waals surface area (Å²) in [5, 5.41) is 3.28. The molecule has 1 saturated heterocycles. The summed E-state index contributed by atoms with van der Waals surface area (Å²) < 4.78 is 1.94. The minimum absolute atomic E-state index is 0.217. The molecule has 0 aliphatic carbocycles. The van der Waals surface area contributed by atoms with Gasteiger partial charge in [0.15, 0.2) is 0 Å². The summed E-state index contributed by atoms with van der Waals surface area (Å²) in [5.41, 5.74) is 2.63. The Morgan fingerprint density at radius 1 is 0.912 bits per heavy atom. The number of thioether (sulfide) groups is 1. The van der Waals surface area contributed by atoms with Crippen molar-refractivity contribution in [3.63, 3.8) is 0 Å². The summed E-state index contributed by atoms with van der Waals surface area (Å²) in [6, 6.07) is 24.9. The van der Waals surface area contributed by atoms with Crippen LogP contribution in [-0.2, 0) is 17.9 Å². The van der Waals surface area contributed by atoms with Crippen molar-refractivity contribution in [2.45, 2.75) is 13.1 Å². The van der Waals surface area contributed by atoms with E-state index in [4.69, 9.17) is 12.2 Å². The van der Waals surface area contributed by atoms with Gasteiger partial charge in [-0.1, -0.05) is 90.7 Å². The van der Waals surface area contributed by atoms with E-state index in [0.29, 0.717) is 39.3 Å². The van der Waals surface area contributed by atoms with Crippen LogP contribution in [0.3, 0.4) is 0 Å². The molecule has 0 unspecified atom stereocenters. The predicted molar refractivity (Wildman–Crippen MR) is 140 cm³/mol. The Kier molecular flexibility index (Phi) is 6.24. The maximum atomic E-state index is 13.4. The van der Waals surface area contributed by atoms with Crippen LogP contribution >= 0.6 is 24.0 Å². The molecule has 8 heteroatoms. The van der Waals surface area contributed by atoms with Gasteiger partial charge in [-0.3, -0.25) is 18.9 Å².